The molecule has 3 heterocycles. The maximum absolute atomic E-state index is 13.4. The molecule has 4 aromatic rings. The molecule has 25 heavy (non-hydrogen) atoms. The van der Waals surface area contributed by atoms with Crippen LogP contribution in [0.3, 0.4) is 0 Å². The van der Waals surface area contributed by atoms with E-state index >= 15 is 0 Å². The van der Waals surface area contributed by atoms with Gasteiger partial charge in [0.2, 0.25) is 0 Å². The van der Waals surface area contributed by atoms with E-state index in [9.17, 15) is 27.9 Å². The minimum atomic E-state index is -4.74. The van der Waals surface area contributed by atoms with E-state index in [0.717, 1.165) is 16.8 Å². The van der Waals surface area contributed by atoms with Crippen molar-refractivity contribution < 1.29 is 23.1 Å². The SMILES string of the molecule is O=C(O)c1ncn2c3cccc(C(F)(F)F)c3c(=O)n3cccc3c12. The third kappa shape index (κ3) is 2.02. The van der Waals surface area contributed by atoms with Gasteiger partial charge < -0.3 is 5.11 Å². The summed E-state index contributed by atoms with van der Waals surface area (Å²) in [4.78, 5) is 28.0. The molecule has 0 amide bonds. The van der Waals surface area contributed by atoms with E-state index in [2.05, 4.69) is 4.98 Å². The summed E-state index contributed by atoms with van der Waals surface area (Å²) < 4.78 is 42.4. The fourth-order valence-corrected chi connectivity index (χ4v) is 3.01. The Kier molecular flexibility index (Phi) is 2.93. The van der Waals surface area contributed by atoms with Crippen molar-refractivity contribution in [1.82, 2.24) is 13.8 Å². The molecule has 1 aromatic carbocycles. The van der Waals surface area contributed by atoms with Crippen molar-refractivity contribution in [3.05, 3.63) is 64.5 Å². The van der Waals surface area contributed by atoms with Crippen LogP contribution in [0.5, 0.6) is 0 Å². The minimum Gasteiger partial charge on any atom is -0.476 e. The normalized spacial score (nSPS) is 12.3. The molecule has 6 nitrogen and oxygen atoms in total. The van der Waals surface area contributed by atoms with Gasteiger partial charge in [-0.1, -0.05) is 6.07 Å². The molecular weight excluding hydrogens is 339 g/mol. The summed E-state index contributed by atoms with van der Waals surface area (Å²) in [5, 5.41) is 8.78. The molecule has 4 rings (SSSR count). The van der Waals surface area contributed by atoms with Gasteiger partial charge in [-0.25, -0.2) is 9.78 Å². The van der Waals surface area contributed by atoms with Gasteiger partial charge in [-0.15, -0.1) is 0 Å². The predicted molar refractivity (Wildman–Crippen MR) is 81.9 cm³/mol. The smallest absolute Gasteiger partial charge is 0.417 e. The maximum Gasteiger partial charge on any atom is 0.417 e. The van der Waals surface area contributed by atoms with Gasteiger partial charge in [0.1, 0.15) is 11.8 Å². The van der Waals surface area contributed by atoms with Crippen molar-refractivity contribution in [2.45, 2.75) is 6.18 Å². The van der Waals surface area contributed by atoms with Crippen LogP contribution in [-0.4, -0.2) is 24.9 Å². The first-order valence-electron chi connectivity index (χ1n) is 7.04. The molecule has 0 radical (unpaired) electrons. The highest BCUT2D eigenvalue weighted by molar-refractivity contribution is 6.01. The Hall–Kier alpha value is -3.36. The Balaban J connectivity index is 2.44. The number of fused-ring (bicyclic) bond motifs is 5. The number of carboxylic acid groups (broad SMARTS) is 1. The van der Waals surface area contributed by atoms with E-state index in [1.165, 1.54) is 34.9 Å². The summed E-state index contributed by atoms with van der Waals surface area (Å²) in [6.45, 7) is 0. The highest BCUT2D eigenvalue weighted by atomic mass is 19.4. The standard InChI is InChI=1S/C16H8F3N3O3/c17-16(18,19)8-3-1-4-9-11(8)14(23)21-6-2-5-10(21)13-12(15(24)25)20-7-22(9)13/h1-7H,(H,24,25). The average Bonchev–Trinajstić information content (AvgIpc) is 3.17. The summed E-state index contributed by atoms with van der Waals surface area (Å²) >= 11 is 0. The van der Waals surface area contributed by atoms with Gasteiger partial charge >= 0.3 is 12.1 Å². The van der Waals surface area contributed by atoms with Crippen LogP contribution in [0.4, 0.5) is 13.2 Å². The topological polar surface area (TPSA) is 76.1 Å². The van der Waals surface area contributed by atoms with Crippen LogP contribution in [0, 0.1) is 0 Å². The summed E-state index contributed by atoms with van der Waals surface area (Å²) in [7, 11) is 0. The molecule has 126 valence electrons. The number of aromatic carboxylic acids is 1. The van der Waals surface area contributed by atoms with E-state index in [-0.39, 0.29) is 22.2 Å². The molecule has 9 heteroatoms. The fourth-order valence-electron chi connectivity index (χ4n) is 3.01. The van der Waals surface area contributed by atoms with Gasteiger partial charge in [-0.2, -0.15) is 13.2 Å². The Labute approximate surface area is 136 Å². The van der Waals surface area contributed by atoms with Crippen molar-refractivity contribution in [3.8, 4) is 0 Å². The molecule has 0 unspecified atom stereocenters. The number of carboxylic acids is 1. The predicted octanol–water partition coefficient (Wildman–Crippen LogP) is 2.82. The van der Waals surface area contributed by atoms with Gasteiger partial charge in [0.05, 0.1) is 22.0 Å². The Morgan fingerprint density at radius 3 is 2.48 bits per heavy atom. The van der Waals surface area contributed by atoms with E-state index in [0.29, 0.717) is 0 Å². The molecule has 0 saturated heterocycles. The molecule has 0 aliphatic carbocycles. The van der Waals surface area contributed by atoms with Gasteiger partial charge in [0.25, 0.3) is 5.56 Å². The van der Waals surface area contributed by atoms with Crippen LogP contribution in [0.15, 0.2) is 47.7 Å². The number of imidazole rings is 1. The molecule has 0 atom stereocenters. The first kappa shape index (κ1) is 15.2. The number of carbonyl (C=O) groups is 1. The van der Waals surface area contributed by atoms with E-state index in [1.807, 2.05) is 0 Å². The van der Waals surface area contributed by atoms with Crippen LogP contribution in [0.25, 0.3) is 21.9 Å². The van der Waals surface area contributed by atoms with Crippen LogP contribution in [0.1, 0.15) is 16.1 Å². The van der Waals surface area contributed by atoms with Crippen molar-refractivity contribution in [2.24, 2.45) is 0 Å². The van der Waals surface area contributed by atoms with E-state index in [1.54, 1.807) is 0 Å². The number of halogens is 3. The molecule has 0 aliphatic heterocycles. The van der Waals surface area contributed by atoms with Crippen molar-refractivity contribution in [2.75, 3.05) is 0 Å². The molecule has 0 spiro atoms. The highest BCUT2D eigenvalue weighted by Gasteiger charge is 2.34. The zero-order chi connectivity index (χ0) is 17.9. The summed E-state index contributed by atoms with van der Waals surface area (Å²) in [5.41, 5.74) is -2.19. The number of nitrogens with zero attached hydrogens (tertiary/aromatic N) is 3. The second-order valence-electron chi connectivity index (χ2n) is 5.38. The first-order chi connectivity index (χ1) is 11.8. The lowest BCUT2D eigenvalue weighted by Gasteiger charge is -2.08. The van der Waals surface area contributed by atoms with E-state index in [4.69, 9.17) is 0 Å². The quantitative estimate of drug-likeness (QED) is 0.574. The number of alkyl halides is 3. The summed E-state index contributed by atoms with van der Waals surface area (Å²) in [5.74, 6) is -1.34. The number of benzene rings is 1. The zero-order valence-electron chi connectivity index (χ0n) is 12.3. The Morgan fingerprint density at radius 2 is 1.80 bits per heavy atom. The van der Waals surface area contributed by atoms with Crippen LogP contribution in [-0.2, 0) is 6.18 Å². The number of rotatable bonds is 1. The Morgan fingerprint density at radius 1 is 1.08 bits per heavy atom. The number of hydrogen-bond donors (Lipinski definition) is 1. The van der Waals surface area contributed by atoms with Gasteiger partial charge in [-0.05, 0) is 24.3 Å². The second kappa shape index (κ2) is 4.82. The summed E-state index contributed by atoms with van der Waals surface area (Å²) in [6, 6.07) is 6.22. The second-order valence-corrected chi connectivity index (χ2v) is 5.38. The number of aromatic nitrogens is 3. The van der Waals surface area contributed by atoms with Gasteiger partial charge in [-0.3, -0.25) is 13.6 Å². The molecule has 0 fully saturated rings. The average molecular weight is 347 g/mol. The Bertz CT molecular complexity index is 1240. The third-order valence-electron chi connectivity index (χ3n) is 4.00. The van der Waals surface area contributed by atoms with Crippen LogP contribution < -0.4 is 5.56 Å². The number of hydrogen-bond acceptors (Lipinski definition) is 3. The molecule has 0 aliphatic rings. The van der Waals surface area contributed by atoms with Gasteiger partial charge in [0, 0.05) is 6.20 Å². The van der Waals surface area contributed by atoms with Crippen molar-refractivity contribution in [1.29, 1.82) is 0 Å². The molecule has 0 bridgehead atoms. The van der Waals surface area contributed by atoms with Gasteiger partial charge in [0.15, 0.2) is 5.69 Å². The maximum atomic E-state index is 13.4. The monoisotopic (exact) mass is 347 g/mol. The molecule has 3 aromatic heterocycles. The zero-order valence-corrected chi connectivity index (χ0v) is 12.3. The lowest BCUT2D eigenvalue weighted by Crippen LogP contribution is -2.15. The first-order valence-corrected chi connectivity index (χ1v) is 7.04. The highest BCUT2D eigenvalue weighted by Crippen LogP contribution is 2.33. The fraction of sp³-hybridized carbons (Fsp3) is 0.0625. The van der Waals surface area contributed by atoms with Crippen LogP contribution in [0.2, 0.25) is 0 Å². The molecule has 1 N–H and O–H groups in total. The lowest BCUT2D eigenvalue weighted by atomic mass is 10.1. The van der Waals surface area contributed by atoms with Crippen molar-refractivity contribution in [3.63, 3.8) is 0 Å². The summed E-state index contributed by atoms with van der Waals surface area (Å²) in [6.07, 6.45) is -2.34. The molecule has 0 saturated carbocycles. The lowest BCUT2D eigenvalue weighted by molar-refractivity contribution is -0.136. The minimum absolute atomic E-state index is 0.0453. The van der Waals surface area contributed by atoms with Crippen molar-refractivity contribution >= 4 is 27.9 Å². The van der Waals surface area contributed by atoms with Crippen LogP contribution >= 0.6 is 0 Å². The molecular formula is C16H8F3N3O3. The largest absolute Gasteiger partial charge is 0.476 e. The third-order valence-corrected chi connectivity index (χ3v) is 4.00. The van der Waals surface area contributed by atoms with E-state index < -0.39 is 28.7 Å².